The highest BCUT2D eigenvalue weighted by Crippen LogP contribution is 2.34. The Morgan fingerprint density at radius 2 is 1.90 bits per heavy atom. The van der Waals surface area contributed by atoms with E-state index in [0.717, 1.165) is 17.1 Å². The molecule has 21 heavy (non-hydrogen) atoms. The molecule has 0 aromatic heterocycles. The molecule has 0 bridgehead atoms. The molecule has 0 saturated heterocycles. The topological polar surface area (TPSA) is 30.5 Å². The summed E-state index contributed by atoms with van der Waals surface area (Å²) in [6.45, 7) is 1.67. The summed E-state index contributed by atoms with van der Waals surface area (Å²) in [4.78, 5) is 0. The number of benzene rings is 2. The second-order valence-corrected chi connectivity index (χ2v) is 5.84. The molecule has 3 rings (SSSR count). The van der Waals surface area contributed by atoms with Crippen molar-refractivity contribution >= 4 is 33.2 Å². The second kappa shape index (κ2) is 6.12. The van der Waals surface area contributed by atoms with Crippen LogP contribution in [0.4, 0.5) is 10.1 Å². The summed E-state index contributed by atoms with van der Waals surface area (Å²) in [7, 11) is 0. The van der Waals surface area contributed by atoms with Gasteiger partial charge in [0, 0.05) is 11.0 Å². The van der Waals surface area contributed by atoms with Gasteiger partial charge >= 0.3 is 0 Å². The molecule has 0 unspecified atom stereocenters. The lowest BCUT2D eigenvalue weighted by Gasteiger charge is -2.19. The zero-order valence-corrected chi connectivity index (χ0v) is 13.3. The molecule has 0 aliphatic carbocycles. The number of fused-ring (bicyclic) bond motifs is 1. The highest BCUT2D eigenvalue weighted by molar-refractivity contribution is 9.10. The first-order chi connectivity index (χ1) is 10.1. The van der Waals surface area contributed by atoms with Gasteiger partial charge in [0.25, 0.3) is 0 Å². The van der Waals surface area contributed by atoms with Crippen molar-refractivity contribution in [2.24, 2.45) is 0 Å². The van der Waals surface area contributed by atoms with Gasteiger partial charge in [-0.2, -0.15) is 0 Å². The first kappa shape index (κ1) is 14.5. The van der Waals surface area contributed by atoms with Crippen molar-refractivity contribution in [3.05, 3.63) is 51.2 Å². The number of hydrogen-bond acceptors (Lipinski definition) is 3. The van der Waals surface area contributed by atoms with E-state index < -0.39 is 0 Å². The average molecular weight is 373 g/mol. The lowest BCUT2D eigenvalue weighted by molar-refractivity contribution is 0.171. The van der Waals surface area contributed by atoms with Gasteiger partial charge in [0.1, 0.15) is 19.0 Å². The van der Waals surface area contributed by atoms with E-state index in [1.165, 1.54) is 12.1 Å². The van der Waals surface area contributed by atoms with Crippen molar-refractivity contribution in [1.29, 1.82) is 0 Å². The van der Waals surface area contributed by atoms with Crippen molar-refractivity contribution in [2.45, 2.75) is 6.54 Å². The van der Waals surface area contributed by atoms with Crippen molar-refractivity contribution in [3.63, 3.8) is 0 Å². The molecule has 2 aromatic carbocycles. The van der Waals surface area contributed by atoms with Gasteiger partial charge in [-0.25, -0.2) is 4.39 Å². The molecule has 0 atom stereocenters. The summed E-state index contributed by atoms with van der Waals surface area (Å²) in [5.41, 5.74) is 1.68. The van der Waals surface area contributed by atoms with Gasteiger partial charge in [0.2, 0.25) is 0 Å². The van der Waals surface area contributed by atoms with E-state index in [1.54, 1.807) is 0 Å². The quantitative estimate of drug-likeness (QED) is 0.852. The monoisotopic (exact) mass is 371 g/mol. The van der Waals surface area contributed by atoms with Gasteiger partial charge in [-0.1, -0.05) is 17.7 Å². The third-order valence-electron chi connectivity index (χ3n) is 3.08. The smallest absolute Gasteiger partial charge is 0.161 e. The number of halogens is 3. The molecule has 0 amide bonds. The summed E-state index contributed by atoms with van der Waals surface area (Å²) in [6, 6.07) is 8.40. The van der Waals surface area contributed by atoms with Crippen LogP contribution in [-0.2, 0) is 6.54 Å². The predicted octanol–water partition coefficient (Wildman–Crippen LogP) is 4.62. The van der Waals surface area contributed by atoms with Gasteiger partial charge in [-0.15, -0.1) is 0 Å². The molecule has 2 aromatic rings. The molecule has 0 saturated carbocycles. The lowest BCUT2D eigenvalue weighted by Crippen LogP contribution is -2.15. The normalized spacial score (nSPS) is 13.1. The van der Waals surface area contributed by atoms with E-state index in [-0.39, 0.29) is 5.82 Å². The summed E-state index contributed by atoms with van der Waals surface area (Å²) in [6.07, 6.45) is 0. The van der Waals surface area contributed by atoms with Crippen LogP contribution in [0.3, 0.4) is 0 Å². The van der Waals surface area contributed by atoms with Crippen LogP contribution in [0.1, 0.15) is 5.56 Å². The molecule has 1 heterocycles. The Morgan fingerprint density at radius 3 is 2.67 bits per heavy atom. The Balaban J connectivity index is 1.76. The SMILES string of the molecule is Fc1cc(Cl)c(NCc2ccc3c(c2)OCCO3)c(Br)c1. The van der Waals surface area contributed by atoms with Crippen LogP contribution >= 0.6 is 27.5 Å². The molecule has 0 spiro atoms. The first-order valence-electron chi connectivity index (χ1n) is 6.40. The van der Waals surface area contributed by atoms with Crippen molar-refractivity contribution in [2.75, 3.05) is 18.5 Å². The van der Waals surface area contributed by atoms with Crippen LogP contribution in [0, 0.1) is 5.82 Å². The Labute approximate surface area is 135 Å². The number of rotatable bonds is 3. The van der Waals surface area contributed by atoms with E-state index in [9.17, 15) is 4.39 Å². The molecule has 1 N–H and O–H groups in total. The maximum atomic E-state index is 13.2. The molecule has 0 radical (unpaired) electrons. The van der Waals surface area contributed by atoms with Gasteiger partial charge in [-0.3, -0.25) is 0 Å². The maximum absolute atomic E-state index is 13.2. The largest absolute Gasteiger partial charge is 0.486 e. The van der Waals surface area contributed by atoms with Crippen LogP contribution in [0.2, 0.25) is 5.02 Å². The molecule has 1 aliphatic rings. The van der Waals surface area contributed by atoms with Gasteiger partial charge in [0.15, 0.2) is 11.5 Å². The minimum Gasteiger partial charge on any atom is -0.486 e. The summed E-state index contributed by atoms with van der Waals surface area (Å²) >= 11 is 9.34. The lowest BCUT2D eigenvalue weighted by atomic mass is 10.2. The summed E-state index contributed by atoms with van der Waals surface area (Å²) in [5, 5.41) is 3.52. The fourth-order valence-corrected chi connectivity index (χ4v) is 3.06. The van der Waals surface area contributed by atoms with Crippen molar-refractivity contribution in [3.8, 4) is 11.5 Å². The first-order valence-corrected chi connectivity index (χ1v) is 7.57. The van der Waals surface area contributed by atoms with E-state index in [0.29, 0.717) is 34.9 Å². The highest BCUT2D eigenvalue weighted by Gasteiger charge is 2.12. The minimum atomic E-state index is -0.378. The van der Waals surface area contributed by atoms with Crippen LogP contribution in [-0.4, -0.2) is 13.2 Å². The third kappa shape index (κ3) is 3.24. The van der Waals surface area contributed by atoms with Gasteiger partial charge in [0.05, 0.1) is 10.7 Å². The summed E-state index contributed by atoms with van der Waals surface area (Å²) in [5.74, 6) is 1.12. The van der Waals surface area contributed by atoms with Crippen LogP contribution in [0.15, 0.2) is 34.8 Å². The second-order valence-electron chi connectivity index (χ2n) is 4.58. The fourth-order valence-electron chi connectivity index (χ4n) is 2.10. The zero-order valence-electron chi connectivity index (χ0n) is 11.0. The predicted molar refractivity (Wildman–Crippen MR) is 83.9 cm³/mol. The van der Waals surface area contributed by atoms with Gasteiger partial charge < -0.3 is 14.8 Å². The Kier molecular flexibility index (Phi) is 4.22. The minimum absolute atomic E-state index is 0.333. The molecular formula is C15H12BrClFNO2. The Bertz CT molecular complexity index is 658. The van der Waals surface area contributed by atoms with E-state index in [2.05, 4.69) is 21.2 Å². The number of anilines is 1. The van der Waals surface area contributed by atoms with E-state index in [4.69, 9.17) is 21.1 Å². The zero-order chi connectivity index (χ0) is 14.8. The van der Waals surface area contributed by atoms with Crippen molar-refractivity contribution in [1.82, 2.24) is 0 Å². The number of hydrogen-bond donors (Lipinski definition) is 1. The third-order valence-corrected chi connectivity index (χ3v) is 4.01. The number of ether oxygens (including phenoxy) is 2. The van der Waals surface area contributed by atoms with Crippen molar-refractivity contribution < 1.29 is 13.9 Å². The fraction of sp³-hybridized carbons (Fsp3) is 0.200. The van der Waals surface area contributed by atoms with E-state index in [1.807, 2.05) is 18.2 Å². The molecule has 6 heteroatoms. The van der Waals surface area contributed by atoms with Crippen LogP contribution < -0.4 is 14.8 Å². The molecular weight excluding hydrogens is 361 g/mol. The van der Waals surface area contributed by atoms with Crippen LogP contribution in [0.5, 0.6) is 11.5 Å². The average Bonchev–Trinajstić information content (AvgIpc) is 2.46. The Hall–Kier alpha value is -1.46. The Morgan fingerprint density at radius 1 is 1.14 bits per heavy atom. The molecule has 3 nitrogen and oxygen atoms in total. The molecule has 0 fully saturated rings. The molecule has 110 valence electrons. The van der Waals surface area contributed by atoms with Crippen LogP contribution in [0.25, 0.3) is 0 Å². The van der Waals surface area contributed by atoms with Gasteiger partial charge in [-0.05, 0) is 45.8 Å². The standard InChI is InChI=1S/C15H12BrClFNO2/c16-11-6-10(18)7-12(17)15(11)19-8-9-1-2-13-14(5-9)21-4-3-20-13/h1-2,5-7,19H,3-4,8H2. The highest BCUT2D eigenvalue weighted by atomic mass is 79.9. The summed E-state index contributed by atoms with van der Waals surface area (Å²) < 4.78 is 24.8. The van der Waals surface area contributed by atoms with E-state index >= 15 is 0 Å². The number of nitrogens with one attached hydrogen (secondary N) is 1. The molecule has 1 aliphatic heterocycles. The maximum Gasteiger partial charge on any atom is 0.161 e.